The average molecular weight is 251 g/mol. The molecule has 6 nitrogen and oxygen atoms in total. The zero-order valence-corrected chi connectivity index (χ0v) is 11.3. The van der Waals surface area contributed by atoms with Crippen LogP contribution in [0.4, 0.5) is 0 Å². The van der Waals surface area contributed by atoms with Gasteiger partial charge in [0.2, 0.25) is 5.91 Å². The van der Waals surface area contributed by atoms with Crippen molar-refractivity contribution in [2.24, 2.45) is 12.8 Å². The summed E-state index contributed by atoms with van der Waals surface area (Å²) in [5.74, 6) is 1.22. The summed E-state index contributed by atoms with van der Waals surface area (Å²) < 4.78 is 1.92. The molecule has 2 rings (SSSR count). The standard InChI is InChI=1S/C12H21N5O/c1-12(2,13)11(18)17-6-4-5-9(7-17)10-15-14-8-16(10)3/h8-9H,4-7,13H2,1-3H3. The van der Waals surface area contributed by atoms with Crippen molar-refractivity contribution in [3.63, 3.8) is 0 Å². The maximum absolute atomic E-state index is 12.2. The molecule has 0 radical (unpaired) electrons. The highest BCUT2D eigenvalue weighted by Crippen LogP contribution is 2.26. The summed E-state index contributed by atoms with van der Waals surface area (Å²) in [6, 6.07) is 0. The Kier molecular flexibility index (Phi) is 3.38. The number of carbonyl (C=O) groups excluding carboxylic acids is 1. The fraction of sp³-hybridized carbons (Fsp3) is 0.750. The van der Waals surface area contributed by atoms with E-state index in [2.05, 4.69) is 10.2 Å². The molecule has 1 fully saturated rings. The minimum Gasteiger partial charge on any atom is -0.340 e. The van der Waals surface area contributed by atoms with Gasteiger partial charge in [-0.05, 0) is 26.7 Å². The zero-order valence-electron chi connectivity index (χ0n) is 11.3. The number of hydrogen-bond acceptors (Lipinski definition) is 4. The number of nitrogens with two attached hydrogens (primary N) is 1. The highest BCUT2D eigenvalue weighted by atomic mass is 16.2. The average Bonchev–Trinajstić information content (AvgIpc) is 2.73. The van der Waals surface area contributed by atoms with Gasteiger partial charge in [0.25, 0.3) is 0 Å². The molecule has 2 heterocycles. The second-order valence-corrected chi connectivity index (χ2v) is 5.61. The second kappa shape index (κ2) is 4.68. The lowest BCUT2D eigenvalue weighted by atomic mass is 9.95. The van der Waals surface area contributed by atoms with Crippen molar-refractivity contribution in [1.29, 1.82) is 0 Å². The van der Waals surface area contributed by atoms with E-state index in [-0.39, 0.29) is 11.8 Å². The molecule has 1 aromatic heterocycles. The van der Waals surface area contributed by atoms with Gasteiger partial charge in [-0.3, -0.25) is 4.79 Å². The van der Waals surface area contributed by atoms with E-state index in [0.29, 0.717) is 6.54 Å². The molecule has 1 aliphatic rings. The van der Waals surface area contributed by atoms with Gasteiger partial charge < -0.3 is 15.2 Å². The molecule has 6 heteroatoms. The van der Waals surface area contributed by atoms with E-state index in [1.54, 1.807) is 20.2 Å². The van der Waals surface area contributed by atoms with Crippen LogP contribution in [0.3, 0.4) is 0 Å². The van der Waals surface area contributed by atoms with Gasteiger partial charge >= 0.3 is 0 Å². The van der Waals surface area contributed by atoms with Gasteiger partial charge in [-0.15, -0.1) is 10.2 Å². The number of amides is 1. The molecular weight excluding hydrogens is 230 g/mol. The number of hydrogen-bond donors (Lipinski definition) is 1. The molecular formula is C12H21N5O. The van der Waals surface area contributed by atoms with E-state index in [1.807, 2.05) is 16.5 Å². The molecule has 100 valence electrons. The van der Waals surface area contributed by atoms with E-state index in [9.17, 15) is 4.79 Å². The Bertz CT molecular complexity index is 434. The molecule has 1 aromatic rings. The molecule has 1 unspecified atom stereocenters. The highest BCUT2D eigenvalue weighted by Gasteiger charge is 2.33. The summed E-state index contributed by atoms with van der Waals surface area (Å²) in [4.78, 5) is 14.0. The van der Waals surface area contributed by atoms with Crippen molar-refractivity contribution in [3.05, 3.63) is 12.2 Å². The lowest BCUT2D eigenvalue weighted by Crippen LogP contribution is -2.53. The van der Waals surface area contributed by atoms with Crippen LogP contribution in [0.1, 0.15) is 38.4 Å². The predicted octanol–water partition coefficient (Wildman–Crippen LogP) is 0.258. The fourth-order valence-corrected chi connectivity index (χ4v) is 2.44. The van der Waals surface area contributed by atoms with Crippen LogP contribution in [-0.2, 0) is 11.8 Å². The second-order valence-electron chi connectivity index (χ2n) is 5.61. The topological polar surface area (TPSA) is 77.0 Å². The first-order valence-corrected chi connectivity index (χ1v) is 6.31. The Morgan fingerprint density at radius 2 is 2.28 bits per heavy atom. The Hall–Kier alpha value is -1.43. The first-order chi connectivity index (χ1) is 8.39. The number of carbonyl (C=O) groups is 1. The molecule has 1 saturated heterocycles. The number of rotatable bonds is 2. The summed E-state index contributed by atoms with van der Waals surface area (Å²) in [7, 11) is 1.93. The fourth-order valence-electron chi connectivity index (χ4n) is 2.44. The van der Waals surface area contributed by atoms with E-state index in [1.165, 1.54) is 0 Å². The first kappa shape index (κ1) is 13.0. The maximum Gasteiger partial charge on any atom is 0.242 e. The molecule has 0 bridgehead atoms. The summed E-state index contributed by atoms with van der Waals surface area (Å²) >= 11 is 0. The largest absolute Gasteiger partial charge is 0.340 e. The van der Waals surface area contributed by atoms with Crippen LogP contribution in [0.5, 0.6) is 0 Å². The minimum absolute atomic E-state index is 0.00867. The molecule has 1 atom stereocenters. The maximum atomic E-state index is 12.2. The summed E-state index contributed by atoms with van der Waals surface area (Å²) in [6.45, 7) is 4.97. The molecule has 0 aliphatic carbocycles. The molecule has 0 saturated carbocycles. The molecule has 1 aliphatic heterocycles. The molecule has 18 heavy (non-hydrogen) atoms. The third-order valence-electron chi connectivity index (χ3n) is 3.37. The van der Waals surface area contributed by atoms with Crippen LogP contribution in [-0.4, -0.2) is 44.2 Å². The van der Waals surface area contributed by atoms with Crippen LogP contribution in [0, 0.1) is 0 Å². The van der Waals surface area contributed by atoms with Crippen LogP contribution < -0.4 is 5.73 Å². The third kappa shape index (κ3) is 2.53. The lowest BCUT2D eigenvalue weighted by molar-refractivity contribution is -0.137. The Labute approximate surface area is 107 Å². The van der Waals surface area contributed by atoms with E-state index in [4.69, 9.17) is 5.73 Å². The monoisotopic (exact) mass is 251 g/mol. The van der Waals surface area contributed by atoms with Gasteiger partial charge in [-0.2, -0.15) is 0 Å². The predicted molar refractivity (Wildman–Crippen MR) is 67.8 cm³/mol. The number of piperidine rings is 1. The highest BCUT2D eigenvalue weighted by molar-refractivity contribution is 5.85. The van der Waals surface area contributed by atoms with Gasteiger partial charge in [0.1, 0.15) is 12.2 Å². The lowest BCUT2D eigenvalue weighted by Gasteiger charge is -2.35. The van der Waals surface area contributed by atoms with Crippen LogP contribution in [0.15, 0.2) is 6.33 Å². The van der Waals surface area contributed by atoms with E-state index in [0.717, 1.165) is 25.2 Å². The summed E-state index contributed by atoms with van der Waals surface area (Å²) in [6.07, 6.45) is 3.73. The van der Waals surface area contributed by atoms with Crippen molar-refractivity contribution >= 4 is 5.91 Å². The van der Waals surface area contributed by atoms with Crippen molar-refractivity contribution in [1.82, 2.24) is 19.7 Å². The van der Waals surface area contributed by atoms with Gasteiger partial charge in [-0.25, -0.2) is 0 Å². The van der Waals surface area contributed by atoms with Crippen molar-refractivity contribution in [2.75, 3.05) is 13.1 Å². The SMILES string of the molecule is Cn1cnnc1C1CCCN(C(=O)C(C)(C)N)C1. The minimum atomic E-state index is -0.804. The number of likely N-dealkylation sites (tertiary alicyclic amines) is 1. The quantitative estimate of drug-likeness (QED) is 0.818. The Morgan fingerprint density at radius 3 is 2.83 bits per heavy atom. The summed E-state index contributed by atoms with van der Waals surface area (Å²) in [5, 5.41) is 8.04. The first-order valence-electron chi connectivity index (χ1n) is 6.31. The van der Waals surface area contributed by atoms with Gasteiger partial charge in [0, 0.05) is 26.1 Å². The van der Waals surface area contributed by atoms with Gasteiger partial charge in [0.15, 0.2) is 0 Å². The van der Waals surface area contributed by atoms with Crippen LogP contribution in [0.25, 0.3) is 0 Å². The van der Waals surface area contributed by atoms with Crippen molar-refractivity contribution in [3.8, 4) is 0 Å². The summed E-state index contributed by atoms with van der Waals surface area (Å²) in [5.41, 5.74) is 5.08. The number of nitrogens with zero attached hydrogens (tertiary/aromatic N) is 4. The Balaban J connectivity index is 2.10. The molecule has 2 N–H and O–H groups in total. The number of aromatic nitrogens is 3. The normalized spacial score (nSPS) is 21.1. The Morgan fingerprint density at radius 1 is 1.56 bits per heavy atom. The smallest absolute Gasteiger partial charge is 0.242 e. The van der Waals surface area contributed by atoms with Crippen molar-refractivity contribution < 1.29 is 4.79 Å². The third-order valence-corrected chi connectivity index (χ3v) is 3.37. The number of aryl methyl sites for hydroxylation is 1. The van der Waals surface area contributed by atoms with Crippen molar-refractivity contribution in [2.45, 2.75) is 38.1 Å². The molecule has 1 amide bonds. The van der Waals surface area contributed by atoms with E-state index >= 15 is 0 Å². The van der Waals surface area contributed by atoms with Crippen LogP contribution in [0.2, 0.25) is 0 Å². The zero-order chi connectivity index (χ0) is 13.3. The van der Waals surface area contributed by atoms with Crippen LogP contribution >= 0.6 is 0 Å². The van der Waals surface area contributed by atoms with Gasteiger partial charge in [0.05, 0.1) is 5.54 Å². The van der Waals surface area contributed by atoms with Gasteiger partial charge in [-0.1, -0.05) is 0 Å². The molecule has 0 aromatic carbocycles. The molecule has 0 spiro atoms. The van der Waals surface area contributed by atoms with E-state index < -0.39 is 5.54 Å².